The highest BCUT2D eigenvalue weighted by Gasteiger charge is 2.33. The number of hydrogen-bond acceptors (Lipinski definition) is 3. The Morgan fingerprint density at radius 3 is 2.37 bits per heavy atom. The second-order valence-corrected chi connectivity index (χ2v) is 4.72. The van der Waals surface area contributed by atoms with Crippen molar-refractivity contribution in [2.24, 2.45) is 5.41 Å². The zero-order valence-electron chi connectivity index (χ0n) is 10.9. The fourth-order valence-electron chi connectivity index (χ4n) is 1.60. The van der Waals surface area contributed by atoms with Crippen molar-refractivity contribution in [3.05, 3.63) is 18.0 Å². The van der Waals surface area contributed by atoms with Crippen LogP contribution >= 0.6 is 11.6 Å². The maximum absolute atomic E-state index is 12.5. The summed E-state index contributed by atoms with van der Waals surface area (Å²) in [5.41, 5.74) is -1.10. The van der Waals surface area contributed by atoms with Gasteiger partial charge in [-0.05, 0) is 18.9 Å². The lowest BCUT2D eigenvalue weighted by Gasteiger charge is -2.29. The van der Waals surface area contributed by atoms with Gasteiger partial charge in [0.05, 0.1) is 0 Å². The summed E-state index contributed by atoms with van der Waals surface area (Å²) in [6, 6.07) is 0.847. The molecule has 0 atom stereocenters. The zero-order chi connectivity index (χ0) is 14.5. The van der Waals surface area contributed by atoms with Gasteiger partial charge in [-0.25, -0.2) is 9.97 Å². The molecule has 1 N–H and O–H groups in total. The first-order chi connectivity index (χ1) is 8.87. The van der Waals surface area contributed by atoms with E-state index in [1.807, 2.05) is 13.8 Å². The Kier molecular flexibility index (Phi) is 5.40. The molecule has 0 spiro atoms. The fraction of sp³-hybridized carbons (Fsp3) is 0.667. The van der Waals surface area contributed by atoms with Crippen LogP contribution in [-0.4, -0.2) is 22.4 Å². The van der Waals surface area contributed by atoms with Crippen molar-refractivity contribution in [1.82, 2.24) is 9.97 Å². The molecule has 1 aromatic rings. The Balaban J connectivity index is 2.78. The molecule has 0 fully saturated rings. The summed E-state index contributed by atoms with van der Waals surface area (Å²) in [5, 5.41) is 2.84. The minimum Gasteiger partial charge on any atom is -0.354 e. The van der Waals surface area contributed by atoms with Crippen molar-refractivity contribution in [3.8, 4) is 0 Å². The Hall–Kier alpha value is -1.04. The van der Waals surface area contributed by atoms with Crippen LogP contribution in [0.5, 0.6) is 0 Å². The predicted molar refractivity (Wildman–Crippen MR) is 69.3 cm³/mol. The lowest BCUT2D eigenvalue weighted by molar-refractivity contribution is -0.141. The summed E-state index contributed by atoms with van der Waals surface area (Å²) in [6.45, 7) is 4.45. The zero-order valence-corrected chi connectivity index (χ0v) is 11.6. The normalized spacial score (nSPS) is 12.5. The van der Waals surface area contributed by atoms with Crippen molar-refractivity contribution in [2.75, 3.05) is 17.7 Å². The van der Waals surface area contributed by atoms with Crippen molar-refractivity contribution >= 4 is 17.5 Å². The van der Waals surface area contributed by atoms with Gasteiger partial charge in [0.1, 0.15) is 5.69 Å². The average molecular weight is 296 g/mol. The van der Waals surface area contributed by atoms with Crippen LogP contribution in [0.4, 0.5) is 19.1 Å². The van der Waals surface area contributed by atoms with Crippen molar-refractivity contribution < 1.29 is 13.2 Å². The highest BCUT2D eigenvalue weighted by molar-refractivity contribution is 6.18. The molecular weight excluding hydrogens is 279 g/mol. The molecule has 0 unspecified atom stereocenters. The number of alkyl halides is 4. The summed E-state index contributed by atoms with van der Waals surface area (Å²) < 4.78 is 37.5. The summed E-state index contributed by atoms with van der Waals surface area (Å²) in [5.74, 6) is 0.414. The van der Waals surface area contributed by atoms with Crippen LogP contribution in [0.1, 0.15) is 32.4 Å². The van der Waals surface area contributed by atoms with Crippen LogP contribution in [0, 0.1) is 5.41 Å². The van der Waals surface area contributed by atoms with Gasteiger partial charge in [-0.15, -0.1) is 11.6 Å². The highest BCUT2D eigenvalue weighted by atomic mass is 35.5. The second-order valence-electron chi connectivity index (χ2n) is 4.46. The third-order valence-electron chi connectivity index (χ3n) is 3.35. The Labute approximate surface area is 115 Å². The number of nitrogens with zero attached hydrogens (tertiary/aromatic N) is 2. The van der Waals surface area contributed by atoms with Gasteiger partial charge < -0.3 is 5.32 Å². The lowest BCUT2D eigenvalue weighted by atomic mass is 9.84. The van der Waals surface area contributed by atoms with Crippen molar-refractivity contribution in [1.29, 1.82) is 0 Å². The maximum Gasteiger partial charge on any atom is 0.433 e. The standard InChI is InChI=1S/C12H17ClF3N3/c1-3-11(4-2,7-13)8-18-10-17-6-5-9(19-10)12(14,15)16/h5-6H,3-4,7-8H2,1-2H3,(H,17,18,19). The molecule has 0 amide bonds. The molecule has 1 heterocycles. The van der Waals surface area contributed by atoms with Gasteiger partial charge in [-0.1, -0.05) is 13.8 Å². The predicted octanol–water partition coefficient (Wildman–Crippen LogP) is 3.95. The molecule has 0 aliphatic carbocycles. The molecule has 0 saturated carbocycles. The van der Waals surface area contributed by atoms with Gasteiger partial charge >= 0.3 is 6.18 Å². The van der Waals surface area contributed by atoms with Crippen molar-refractivity contribution in [3.63, 3.8) is 0 Å². The van der Waals surface area contributed by atoms with Crippen LogP contribution in [0.25, 0.3) is 0 Å². The number of hydrogen-bond donors (Lipinski definition) is 1. The summed E-state index contributed by atoms with van der Waals surface area (Å²) in [6.07, 6.45) is -1.70. The molecule has 0 bridgehead atoms. The molecule has 1 aromatic heterocycles. The highest BCUT2D eigenvalue weighted by Crippen LogP contribution is 2.29. The lowest BCUT2D eigenvalue weighted by Crippen LogP contribution is -2.31. The third-order valence-corrected chi connectivity index (χ3v) is 3.92. The van der Waals surface area contributed by atoms with Gasteiger partial charge in [0, 0.05) is 24.0 Å². The molecule has 0 saturated heterocycles. The number of rotatable bonds is 6. The second kappa shape index (κ2) is 6.41. The Morgan fingerprint density at radius 2 is 1.89 bits per heavy atom. The minimum absolute atomic E-state index is 0.0220. The quantitative estimate of drug-likeness (QED) is 0.808. The van der Waals surface area contributed by atoms with E-state index in [4.69, 9.17) is 11.6 Å². The molecule has 0 radical (unpaired) electrons. The van der Waals surface area contributed by atoms with Crippen LogP contribution in [0.15, 0.2) is 12.3 Å². The van der Waals surface area contributed by atoms with Crippen LogP contribution in [0.3, 0.4) is 0 Å². The molecule has 0 aliphatic rings. The van der Waals surface area contributed by atoms with E-state index in [2.05, 4.69) is 15.3 Å². The number of nitrogens with one attached hydrogen (secondary N) is 1. The fourth-order valence-corrected chi connectivity index (χ4v) is 2.08. The van der Waals surface area contributed by atoms with Gasteiger partial charge in [0.2, 0.25) is 5.95 Å². The number of aromatic nitrogens is 2. The van der Waals surface area contributed by atoms with E-state index in [1.165, 1.54) is 0 Å². The van der Waals surface area contributed by atoms with Gasteiger partial charge in [0.15, 0.2) is 0 Å². The first-order valence-electron chi connectivity index (χ1n) is 6.07. The van der Waals surface area contributed by atoms with E-state index in [9.17, 15) is 13.2 Å². The molecule has 0 aliphatic heterocycles. The SMILES string of the molecule is CCC(CC)(CCl)CNc1nccc(C(F)(F)F)n1. The molecule has 19 heavy (non-hydrogen) atoms. The van der Waals surface area contributed by atoms with Gasteiger partial charge in [0.25, 0.3) is 0 Å². The van der Waals surface area contributed by atoms with Crippen LogP contribution in [-0.2, 0) is 6.18 Å². The van der Waals surface area contributed by atoms with Crippen molar-refractivity contribution in [2.45, 2.75) is 32.9 Å². The number of anilines is 1. The Bertz CT molecular complexity index is 397. The monoisotopic (exact) mass is 295 g/mol. The van der Waals surface area contributed by atoms with Crippen LogP contribution < -0.4 is 5.32 Å². The van der Waals surface area contributed by atoms with E-state index in [0.717, 1.165) is 25.1 Å². The van der Waals surface area contributed by atoms with Crippen LogP contribution in [0.2, 0.25) is 0 Å². The summed E-state index contributed by atoms with van der Waals surface area (Å²) in [4.78, 5) is 7.25. The molecule has 7 heteroatoms. The smallest absolute Gasteiger partial charge is 0.354 e. The van der Waals surface area contributed by atoms with E-state index in [0.29, 0.717) is 12.4 Å². The molecule has 108 valence electrons. The topological polar surface area (TPSA) is 37.8 Å². The van der Waals surface area contributed by atoms with E-state index in [-0.39, 0.29) is 11.4 Å². The first kappa shape index (κ1) is 16.0. The first-order valence-corrected chi connectivity index (χ1v) is 6.60. The summed E-state index contributed by atoms with van der Waals surface area (Å²) in [7, 11) is 0. The third kappa shape index (κ3) is 4.23. The largest absolute Gasteiger partial charge is 0.433 e. The average Bonchev–Trinajstić information content (AvgIpc) is 2.40. The number of halogens is 4. The molecule has 0 aromatic carbocycles. The van der Waals surface area contributed by atoms with E-state index >= 15 is 0 Å². The Morgan fingerprint density at radius 1 is 1.26 bits per heavy atom. The molecule has 3 nitrogen and oxygen atoms in total. The van der Waals surface area contributed by atoms with Gasteiger partial charge in [-0.2, -0.15) is 13.2 Å². The van der Waals surface area contributed by atoms with E-state index < -0.39 is 11.9 Å². The maximum atomic E-state index is 12.5. The minimum atomic E-state index is -4.46. The van der Waals surface area contributed by atoms with E-state index in [1.54, 1.807) is 0 Å². The summed E-state index contributed by atoms with van der Waals surface area (Å²) >= 11 is 5.93. The van der Waals surface area contributed by atoms with Gasteiger partial charge in [-0.3, -0.25) is 0 Å². The molecular formula is C12H17ClF3N3. The molecule has 1 rings (SSSR count).